The molecule has 1 aliphatic heterocycles. The molecule has 30 heavy (non-hydrogen) atoms. The normalized spacial score (nSPS) is 14.3. The van der Waals surface area contributed by atoms with E-state index >= 15 is 0 Å². The van der Waals surface area contributed by atoms with Gasteiger partial charge in [0, 0.05) is 24.4 Å². The number of imide groups is 1. The zero-order valence-electron chi connectivity index (χ0n) is 17.5. The van der Waals surface area contributed by atoms with Crippen molar-refractivity contribution in [2.45, 2.75) is 33.6 Å². The van der Waals surface area contributed by atoms with Crippen LogP contribution in [0.15, 0.2) is 54.2 Å². The largest absolute Gasteiger partial charge is 0.350 e. The third kappa shape index (κ3) is 4.25. The summed E-state index contributed by atoms with van der Waals surface area (Å²) in [7, 11) is 0. The van der Waals surface area contributed by atoms with Gasteiger partial charge in [0.05, 0.1) is 10.5 Å². The second-order valence-electron chi connectivity index (χ2n) is 8.07. The number of nitrogens with one attached hydrogen (secondary N) is 1. The molecule has 0 saturated heterocycles. The summed E-state index contributed by atoms with van der Waals surface area (Å²) in [5.41, 5.74) is 2.66. The minimum absolute atomic E-state index is 0.0751. The van der Waals surface area contributed by atoms with E-state index < -0.39 is 16.7 Å². The topological polar surface area (TPSA) is 92.6 Å². The van der Waals surface area contributed by atoms with E-state index in [0.29, 0.717) is 23.7 Å². The monoisotopic (exact) mass is 407 g/mol. The Bertz CT molecular complexity index is 1010. The molecule has 0 spiro atoms. The van der Waals surface area contributed by atoms with E-state index in [-0.39, 0.29) is 22.9 Å². The number of non-ortho nitro benzene ring substituents is 1. The maximum Gasteiger partial charge on any atom is 0.278 e. The minimum atomic E-state index is -0.500. The van der Waals surface area contributed by atoms with Crippen LogP contribution in [-0.2, 0) is 9.59 Å². The van der Waals surface area contributed by atoms with Crippen LogP contribution in [-0.4, -0.2) is 28.2 Å². The fraction of sp³-hybridized carbons (Fsp3) is 0.304. The lowest BCUT2D eigenvalue weighted by molar-refractivity contribution is -0.384. The molecule has 1 N–H and O–H groups in total. The number of carbonyl (C=O) groups is 2. The Hall–Kier alpha value is -3.48. The molecule has 2 amide bonds. The molecule has 0 fully saturated rings. The van der Waals surface area contributed by atoms with Crippen molar-refractivity contribution in [1.82, 2.24) is 4.90 Å². The summed E-state index contributed by atoms with van der Waals surface area (Å²) in [6.45, 7) is 8.36. The highest BCUT2D eigenvalue weighted by molar-refractivity contribution is 6.36. The molecule has 0 bridgehead atoms. The summed E-state index contributed by atoms with van der Waals surface area (Å²) >= 11 is 0. The van der Waals surface area contributed by atoms with Gasteiger partial charge >= 0.3 is 0 Å². The van der Waals surface area contributed by atoms with Crippen molar-refractivity contribution < 1.29 is 14.5 Å². The van der Waals surface area contributed by atoms with Crippen LogP contribution in [0.2, 0.25) is 0 Å². The Morgan fingerprint density at radius 1 is 0.933 bits per heavy atom. The number of amides is 2. The van der Waals surface area contributed by atoms with Crippen LogP contribution < -0.4 is 5.32 Å². The first-order chi connectivity index (χ1) is 14.2. The predicted octanol–water partition coefficient (Wildman–Crippen LogP) is 4.57. The molecule has 0 atom stereocenters. The number of nitro groups is 1. The molecule has 3 rings (SSSR count). The van der Waals surface area contributed by atoms with Crippen LogP contribution in [0.4, 0.5) is 11.4 Å². The number of nitrogens with zero attached hydrogens (tertiary/aromatic N) is 2. The average molecular weight is 407 g/mol. The van der Waals surface area contributed by atoms with Crippen LogP contribution in [0.1, 0.15) is 44.7 Å². The Balaban J connectivity index is 2.02. The fourth-order valence-electron chi connectivity index (χ4n) is 3.34. The third-order valence-electron chi connectivity index (χ3n) is 4.93. The summed E-state index contributed by atoms with van der Waals surface area (Å²) in [6.07, 6.45) is 0. The van der Waals surface area contributed by atoms with E-state index in [4.69, 9.17) is 0 Å². The summed E-state index contributed by atoms with van der Waals surface area (Å²) in [4.78, 5) is 37.8. The zero-order valence-corrected chi connectivity index (χ0v) is 17.5. The highest BCUT2D eigenvalue weighted by atomic mass is 16.6. The van der Waals surface area contributed by atoms with Crippen LogP contribution in [0.5, 0.6) is 0 Å². The second-order valence-corrected chi connectivity index (χ2v) is 8.07. The Kier molecular flexibility index (Phi) is 6.01. The van der Waals surface area contributed by atoms with Crippen molar-refractivity contribution >= 4 is 28.8 Å². The number of hydrogen-bond acceptors (Lipinski definition) is 5. The highest BCUT2D eigenvalue weighted by Gasteiger charge is 2.39. The van der Waals surface area contributed by atoms with Crippen molar-refractivity contribution in [3.63, 3.8) is 0 Å². The van der Waals surface area contributed by atoms with Crippen molar-refractivity contribution in [3.8, 4) is 0 Å². The number of benzene rings is 2. The predicted molar refractivity (Wildman–Crippen MR) is 116 cm³/mol. The van der Waals surface area contributed by atoms with E-state index in [1.165, 1.54) is 34.7 Å². The van der Waals surface area contributed by atoms with Gasteiger partial charge < -0.3 is 5.32 Å². The van der Waals surface area contributed by atoms with Crippen LogP contribution in [0.3, 0.4) is 0 Å². The van der Waals surface area contributed by atoms with E-state index in [2.05, 4.69) is 19.2 Å². The molecular formula is C23H25N3O4. The van der Waals surface area contributed by atoms with E-state index in [1.807, 2.05) is 38.1 Å². The quantitative estimate of drug-likeness (QED) is 0.412. The van der Waals surface area contributed by atoms with Crippen molar-refractivity contribution in [1.29, 1.82) is 0 Å². The number of anilines is 1. The fourth-order valence-corrected chi connectivity index (χ4v) is 3.34. The molecular weight excluding hydrogens is 382 g/mol. The molecule has 1 aliphatic rings. The lowest BCUT2D eigenvalue weighted by atomic mass is 10.0. The maximum absolute atomic E-state index is 13.1. The number of hydrogen-bond donors (Lipinski definition) is 1. The molecule has 0 aromatic heterocycles. The molecule has 0 saturated carbocycles. The lowest BCUT2D eigenvalue weighted by Gasteiger charge is -2.17. The summed E-state index contributed by atoms with van der Waals surface area (Å²) in [6, 6.07) is 13.4. The third-order valence-corrected chi connectivity index (χ3v) is 4.93. The molecule has 7 heteroatoms. The van der Waals surface area contributed by atoms with Crippen molar-refractivity contribution in [2.75, 3.05) is 11.9 Å². The summed E-state index contributed by atoms with van der Waals surface area (Å²) in [5, 5.41) is 14.1. The van der Waals surface area contributed by atoms with Gasteiger partial charge in [-0.1, -0.05) is 39.8 Å². The number of carbonyl (C=O) groups excluding carboxylic acids is 2. The van der Waals surface area contributed by atoms with E-state index in [1.54, 1.807) is 0 Å². The first-order valence-electron chi connectivity index (χ1n) is 9.91. The SMILES string of the molecule is CC(C)CN1C(=O)C(Nc2ccc(C(C)C)cc2)=C(c2ccc([N+](=O)[O-])cc2)C1=O. The van der Waals surface area contributed by atoms with Gasteiger partial charge in [-0.2, -0.15) is 0 Å². The molecule has 7 nitrogen and oxygen atoms in total. The molecule has 156 valence electrons. The average Bonchev–Trinajstić information content (AvgIpc) is 2.92. The minimum Gasteiger partial charge on any atom is -0.350 e. The summed E-state index contributed by atoms with van der Waals surface area (Å²) in [5.74, 6) is -0.301. The Labute approximate surface area is 175 Å². The Morgan fingerprint density at radius 2 is 1.53 bits per heavy atom. The van der Waals surface area contributed by atoms with Gasteiger partial charge in [0.1, 0.15) is 5.70 Å². The number of nitro benzene ring substituents is 1. The summed E-state index contributed by atoms with van der Waals surface area (Å²) < 4.78 is 0. The highest BCUT2D eigenvalue weighted by Crippen LogP contribution is 2.32. The lowest BCUT2D eigenvalue weighted by Crippen LogP contribution is -2.35. The Morgan fingerprint density at radius 3 is 2.03 bits per heavy atom. The molecule has 2 aromatic rings. The molecule has 0 unspecified atom stereocenters. The number of rotatable bonds is 7. The van der Waals surface area contributed by atoms with E-state index in [0.717, 1.165) is 0 Å². The smallest absolute Gasteiger partial charge is 0.278 e. The van der Waals surface area contributed by atoms with Gasteiger partial charge in [-0.15, -0.1) is 0 Å². The molecule has 2 aromatic carbocycles. The maximum atomic E-state index is 13.1. The second kappa shape index (κ2) is 8.49. The van der Waals surface area contributed by atoms with Gasteiger partial charge in [-0.25, -0.2) is 0 Å². The van der Waals surface area contributed by atoms with E-state index in [9.17, 15) is 19.7 Å². The van der Waals surface area contributed by atoms with Gasteiger partial charge in [0.2, 0.25) is 0 Å². The zero-order chi connectivity index (χ0) is 22.0. The van der Waals surface area contributed by atoms with Gasteiger partial charge in [-0.3, -0.25) is 24.6 Å². The first kappa shape index (κ1) is 21.2. The van der Waals surface area contributed by atoms with Crippen LogP contribution in [0.25, 0.3) is 5.57 Å². The van der Waals surface area contributed by atoms with Gasteiger partial charge in [0.15, 0.2) is 0 Å². The standard InChI is InChI=1S/C23H25N3O4/c1-14(2)13-25-22(27)20(17-7-11-19(12-8-17)26(29)30)21(23(25)28)24-18-9-5-16(6-10-18)15(3)4/h5-12,14-15,24H,13H2,1-4H3. The van der Waals surface area contributed by atoms with Crippen molar-refractivity contribution in [2.24, 2.45) is 5.92 Å². The molecule has 0 radical (unpaired) electrons. The molecule has 1 heterocycles. The molecule has 0 aliphatic carbocycles. The first-order valence-corrected chi connectivity index (χ1v) is 9.91. The van der Waals surface area contributed by atoms with Crippen molar-refractivity contribution in [3.05, 3.63) is 75.5 Å². The van der Waals surface area contributed by atoms with Crippen LogP contribution >= 0.6 is 0 Å². The van der Waals surface area contributed by atoms with Gasteiger partial charge in [0.25, 0.3) is 17.5 Å². The van der Waals surface area contributed by atoms with Crippen LogP contribution in [0, 0.1) is 16.0 Å². The van der Waals surface area contributed by atoms with Gasteiger partial charge in [-0.05, 0) is 47.2 Å².